The fourth-order valence-electron chi connectivity index (χ4n) is 4.97. The molecule has 5 rings (SSSR count). The van der Waals surface area contributed by atoms with Gasteiger partial charge in [-0.15, -0.1) is 0 Å². The average molecular weight is 513 g/mol. The van der Waals surface area contributed by atoms with Crippen LogP contribution in [0.25, 0.3) is 11.5 Å². The Morgan fingerprint density at radius 3 is 2.68 bits per heavy atom. The third-order valence-corrected chi connectivity index (χ3v) is 7.00. The molecule has 1 aliphatic rings. The Hall–Kier alpha value is -4.26. The van der Waals surface area contributed by atoms with Crippen molar-refractivity contribution in [2.75, 3.05) is 25.2 Å². The number of benzene rings is 3. The summed E-state index contributed by atoms with van der Waals surface area (Å²) in [6.45, 7) is 3.93. The van der Waals surface area contributed by atoms with Gasteiger partial charge in [0.15, 0.2) is 0 Å². The highest BCUT2D eigenvalue weighted by Crippen LogP contribution is 2.34. The van der Waals surface area contributed by atoms with Gasteiger partial charge in [-0.2, -0.15) is 0 Å². The summed E-state index contributed by atoms with van der Waals surface area (Å²) in [5, 5.41) is 9.28. The Morgan fingerprint density at radius 1 is 1.05 bits per heavy atom. The minimum absolute atomic E-state index is 0.0982. The monoisotopic (exact) mass is 512 g/mol. The van der Waals surface area contributed by atoms with Crippen LogP contribution in [0, 0.1) is 6.92 Å². The molecule has 0 saturated heterocycles. The lowest BCUT2D eigenvalue weighted by molar-refractivity contribution is -0.136. The molecular formula is C31H32N2O5. The van der Waals surface area contributed by atoms with Gasteiger partial charge in [-0.3, -0.25) is 4.79 Å². The lowest BCUT2D eigenvalue weighted by Crippen LogP contribution is -2.31. The maximum Gasteiger partial charge on any atom is 0.303 e. The lowest BCUT2D eigenvalue weighted by atomic mass is 9.91. The number of rotatable bonds is 10. The van der Waals surface area contributed by atoms with Crippen molar-refractivity contribution in [1.82, 2.24) is 4.98 Å². The number of carboxylic acid groups (broad SMARTS) is 1. The second kappa shape index (κ2) is 11.4. The molecule has 7 heteroatoms. The van der Waals surface area contributed by atoms with Gasteiger partial charge in [-0.05, 0) is 61.2 Å². The van der Waals surface area contributed by atoms with Gasteiger partial charge in [-0.1, -0.05) is 30.3 Å². The normalized spacial score (nSPS) is 12.7. The van der Waals surface area contributed by atoms with Crippen molar-refractivity contribution < 1.29 is 23.8 Å². The number of hydrogen-bond donors (Lipinski definition) is 1. The van der Waals surface area contributed by atoms with Crippen LogP contribution in [0.15, 0.2) is 71.1 Å². The van der Waals surface area contributed by atoms with Crippen molar-refractivity contribution in [3.8, 4) is 23.0 Å². The molecule has 0 bridgehead atoms. The van der Waals surface area contributed by atoms with Crippen molar-refractivity contribution in [2.24, 2.45) is 0 Å². The van der Waals surface area contributed by atoms with Gasteiger partial charge < -0.3 is 23.9 Å². The van der Waals surface area contributed by atoms with Crippen LogP contribution in [0.4, 0.5) is 5.69 Å². The quantitative estimate of drug-likeness (QED) is 0.285. The summed E-state index contributed by atoms with van der Waals surface area (Å²) in [5.41, 5.74) is 6.30. The maximum atomic E-state index is 11.3. The summed E-state index contributed by atoms with van der Waals surface area (Å²) in [7, 11) is 1.67. The molecule has 38 heavy (non-hydrogen) atoms. The molecule has 4 aromatic rings. The molecule has 0 fully saturated rings. The molecule has 196 valence electrons. The number of fused-ring (bicyclic) bond motifs is 1. The largest absolute Gasteiger partial charge is 0.497 e. The van der Waals surface area contributed by atoms with E-state index in [9.17, 15) is 9.90 Å². The van der Waals surface area contributed by atoms with Gasteiger partial charge in [0.25, 0.3) is 0 Å². The van der Waals surface area contributed by atoms with Crippen LogP contribution in [0.1, 0.15) is 34.6 Å². The number of methoxy groups -OCH3 is 1. The van der Waals surface area contributed by atoms with E-state index in [1.54, 1.807) is 7.11 Å². The second-order valence-electron chi connectivity index (χ2n) is 9.43. The molecule has 1 aromatic heterocycles. The molecule has 0 spiro atoms. The van der Waals surface area contributed by atoms with Crippen molar-refractivity contribution >= 4 is 11.7 Å². The molecular weight excluding hydrogens is 480 g/mol. The third-order valence-electron chi connectivity index (χ3n) is 7.00. The number of anilines is 1. The Morgan fingerprint density at radius 2 is 1.89 bits per heavy atom. The fourth-order valence-corrected chi connectivity index (χ4v) is 4.97. The zero-order valence-electron chi connectivity index (χ0n) is 21.8. The van der Waals surface area contributed by atoms with E-state index in [4.69, 9.17) is 18.9 Å². The first-order valence-electron chi connectivity index (χ1n) is 12.9. The fraction of sp³-hybridized carbons (Fsp3) is 0.290. The third kappa shape index (κ3) is 5.67. The van der Waals surface area contributed by atoms with Crippen molar-refractivity contribution in [2.45, 2.75) is 39.2 Å². The van der Waals surface area contributed by atoms with E-state index in [-0.39, 0.29) is 6.42 Å². The van der Waals surface area contributed by atoms with Gasteiger partial charge in [-0.25, -0.2) is 4.98 Å². The van der Waals surface area contributed by atoms with E-state index in [0.29, 0.717) is 31.9 Å². The van der Waals surface area contributed by atoms with E-state index in [2.05, 4.69) is 11.0 Å². The zero-order valence-corrected chi connectivity index (χ0v) is 21.8. The second-order valence-corrected chi connectivity index (χ2v) is 9.43. The summed E-state index contributed by atoms with van der Waals surface area (Å²) in [6.07, 6.45) is 2.03. The molecule has 2 heterocycles. The number of nitrogens with zero attached hydrogens (tertiary/aromatic N) is 2. The predicted molar refractivity (Wildman–Crippen MR) is 146 cm³/mol. The Labute approximate surface area is 222 Å². The highest BCUT2D eigenvalue weighted by Gasteiger charge is 2.24. The molecule has 0 amide bonds. The molecule has 0 aliphatic carbocycles. The van der Waals surface area contributed by atoms with Gasteiger partial charge in [0.05, 0.1) is 19.4 Å². The van der Waals surface area contributed by atoms with Crippen LogP contribution in [0.2, 0.25) is 0 Å². The lowest BCUT2D eigenvalue weighted by Gasteiger charge is -2.33. The highest BCUT2D eigenvalue weighted by molar-refractivity contribution is 5.67. The molecule has 0 atom stereocenters. The number of ether oxygens (including phenoxy) is 2. The summed E-state index contributed by atoms with van der Waals surface area (Å²) < 4.78 is 17.6. The van der Waals surface area contributed by atoms with Gasteiger partial charge in [0.1, 0.15) is 17.3 Å². The SMILES string of the molecule is COc1cccc(N2CCc3c(OCCc4nc(-c5ccccc5)oc4C)ccc(CCC(=O)O)c3C2)c1. The minimum atomic E-state index is -0.794. The number of aromatic nitrogens is 1. The standard InChI is InChI=1S/C31H32N2O5/c1-21-28(32-31(38-21)23-7-4-3-5-8-23)16-18-37-29-13-11-22(12-14-30(34)35)27-20-33(17-15-26(27)29)24-9-6-10-25(19-24)36-2/h3-11,13,19H,12,14-18,20H2,1-2H3,(H,34,35). The summed E-state index contributed by atoms with van der Waals surface area (Å²) in [6, 6.07) is 21.9. The van der Waals surface area contributed by atoms with E-state index in [1.165, 1.54) is 0 Å². The number of oxazole rings is 1. The van der Waals surface area contributed by atoms with Crippen molar-refractivity contribution in [3.05, 3.63) is 94.9 Å². The first-order chi connectivity index (χ1) is 18.5. The Kier molecular flexibility index (Phi) is 7.63. The molecule has 0 radical (unpaired) electrons. The summed E-state index contributed by atoms with van der Waals surface area (Å²) >= 11 is 0. The van der Waals surface area contributed by atoms with Crippen LogP contribution in [0.3, 0.4) is 0 Å². The van der Waals surface area contributed by atoms with E-state index < -0.39 is 5.97 Å². The van der Waals surface area contributed by atoms with Crippen molar-refractivity contribution in [3.63, 3.8) is 0 Å². The van der Waals surface area contributed by atoms with Crippen LogP contribution < -0.4 is 14.4 Å². The first kappa shape index (κ1) is 25.4. The molecule has 1 aliphatic heterocycles. The van der Waals surface area contributed by atoms with Gasteiger partial charge in [0.2, 0.25) is 5.89 Å². The smallest absolute Gasteiger partial charge is 0.303 e. The topological polar surface area (TPSA) is 85.0 Å². The minimum Gasteiger partial charge on any atom is -0.497 e. The molecule has 0 unspecified atom stereocenters. The number of carbonyl (C=O) groups is 1. The predicted octanol–water partition coefficient (Wildman–Crippen LogP) is 5.86. The average Bonchev–Trinajstić information content (AvgIpc) is 3.32. The van der Waals surface area contributed by atoms with Crippen LogP contribution >= 0.6 is 0 Å². The molecule has 0 saturated carbocycles. The highest BCUT2D eigenvalue weighted by atomic mass is 16.5. The number of aryl methyl sites for hydroxylation is 2. The van der Waals surface area contributed by atoms with Crippen molar-refractivity contribution in [1.29, 1.82) is 0 Å². The zero-order chi connectivity index (χ0) is 26.5. The summed E-state index contributed by atoms with van der Waals surface area (Å²) in [4.78, 5) is 18.3. The van der Waals surface area contributed by atoms with Gasteiger partial charge >= 0.3 is 5.97 Å². The van der Waals surface area contributed by atoms with Crippen LogP contribution in [-0.4, -0.2) is 36.3 Å². The van der Waals surface area contributed by atoms with E-state index in [0.717, 1.165) is 63.9 Å². The van der Waals surface area contributed by atoms with Crippen LogP contribution in [-0.2, 0) is 30.6 Å². The Bertz CT molecular complexity index is 1410. The van der Waals surface area contributed by atoms with E-state index >= 15 is 0 Å². The number of carboxylic acids is 1. The van der Waals surface area contributed by atoms with E-state index in [1.807, 2.05) is 67.6 Å². The molecule has 3 aromatic carbocycles. The number of hydrogen-bond acceptors (Lipinski definition) is 6. The number of aliphatic carboxylic acids is 1. The maximum absolute atomic E-state index is 11.3. The molecule has 1 N–H and O–H groups in total. The summed E-state index contributed by atoms with van der Waals surface area (Å²) in [5.74, 6) is 2.30. The van der Waals surface area contributed by atoms with Gasteiger partial charge in [0, 0.05) is 48.8 Å². The van der Waals surface area contributed by atoms with Crippen LogP contribution in [0.5, 0.6) is 11.5 Å². The first-order valence-corrected chi connectivity index (χ1v) is 12.9. The Balaban J connectivity index is 1.33. The molecule has 7 nitrogen and oxygen atoms in total.